The van der Waals surface area contributed by atoms with Crippen LogP contribution in [0.1, 0.15) is 34.6 Å². The monoisotopic (exact) mass is 158 g/mol. The molecule has 0 aliphatic carbocycles. The van der Waals surface area contributed by atoms with Crippen LogP contribution in [0.2, 0.25) is 0 Å². The maximum Gasteiger partial charge on any atom is -0.0227 e. The molecule has 0 aliphatic heterocycles. The molecule has 0 heterocycles. The van der Waals surface area contributed by atoms with Gasteiger partial charge in [0.25, 0.3) is 0 Å². The van der Waals surface area contributed by atoms with Crippen molar-refractivity contribution in [2.24, 2.45) is 0 Å². The first-order chi connectivity index (χ1) is 4.46. The molecular formula is C9H19P. The minimum atomic E-state index is 0.0679. The van der Waals surface area contributed by atoms with Crippen molar-refractivity contribution >= 4 is 7.92 Å². The van der Waals surface area contributed by atoms with E-state index >= 15 is 0 Å². The molecular weight excluding hydrogens is 139 g/mol. The highest BCUT2D eigenvalue weighted by molar-refractivity contribution is 7.63. The van der Waals surface area contributed by atoms with Crippen molar-refractivity contribution < 1.29 is 0 Å². The van der Waals surface area contributed by atoms with E-state index in [0.29, 0.717) is 0 Å². The molecule has 0 amide bonds. The zero-order valence-corrected chi connectivity index (χ0v) is 8.70. The SMILES string of the molecule is C=C(C)P(C(C)C)C(C)C. The van der Waals surface area contributed by atoms with Crippen molar-refractivity contribution in [2.75, 3.05) is 0 Å². The van der Waals surface area contributed by atoms with E-state index in [9.17, 15) is 0 Å². The molecule has 10 heavy (non-hydrogen) atoms. The van der Waals surface area contributed by atoms with Crippen molar-refractivity contribution in [3.05, 3.63) is 11.9 Å². The molecule has 0 rings (SSSR count). The normalized spacial score (nSPS) is 11.6. The number of allylic oxidation sites excluding steroid dienone is 1. The van der Waals surface area contributed by atoms with Gasteiger partial charge in [0.1, 0.15) is 0 Å². The second kappa shape index (κ2) is 4.13. The maximum absolute atomic E-state index is 4.03. The molecule has 0 aromatic carbocycles. The predicted molar refractivity (Wildman–Crippen MR) is 52.0 cm³/mol. The Labute approximate surface area is 66.5 Å². The Bertz CT molecular complexity index is 106. The summed E-state index contributed by atoms with van der Waals surface area (Å²) in [6.07, 6.45) is 0. The summed E-state index contributed by atoms with van der Waals surface area (Å²) in [6, 6.07) is 0. The molecule has 0 saturated heterocycles. The first-order valence-corrected chi connectivity index (χ1v) is 5.38. The van der Waals surface area contributed by atoms with E-state index in [1.54, 1.807) is 0 Å². The second-order valence-electron chi connectivity index (χ2n) is 3.33. The van der Waals surface area contributed by atoms with Gasteiger partial charge in [0.05, 0.1) is 0 Å². The van der Waals surface area contributed by atoms with Gasteiger partial charge in [-0.15, -0.1) is 0 Å². The van der Waals surface area contributed by atoms with Crippen molar-refractivity contribution in [3.63, 3.8) is 0 Å². The van der Waals surface area contributed by atoms with E-state index < -0.39 is 0 Å². The van der Waals surface area contributed by atoms with E-state index in [1.807, 2.05) is 0 Å². The molecule has 0 aromatic rings. The predicted octanol–water partition coefficient (Wildman–Crippen LogP) is 3.82. The van der Waals surface area contributed by atoms with E-state index in [1.165, 1.54) is 5.31 Å². The molecule has 0 atom stereocenters. The third kappa shape index (κ3) is 2.84. The Morgan fingerprint density at radius 2 is 1.40 bits per heavy atom. The van der Waals surface area contributed by atoms with Gasteiger partial charge in [0.15, 0.2) is 0 Å². The molecule has 60 valence electrons. The van der Waals surface area contributed by atoms with E-state index in [-0.39, 0.29) is 7.92 Å². The fourth-order valence-corrected chi connectivity index (χ4v) is 4.43. The van der Waals surface area contributed by atoms with Crippen LogP contribution in [0.15, 0.2) is 11.9 Å². The number of hydrogen-bond donors (Lipinski definition) is 0. The summed E-state index contributed by atoms with van der Waals surface area (Å²) in [5.74, 6) is 0. The molecule has 0 N–H and O–H groups in total. The molecule has 0 aromatic heterocycles. The highest BCUT2D eigenvalue weighted by Crippen LogP contribution is 2.52. The number of rotatable bonds is 3. The molecule has 0 bridgehead atoms. The summed E-state index contributed by atoms with van der Waals surface area (Å²) in [5, 5.41) is 1.39. The van der Waals surface area contributed by atoms with Crippen LogP contribution >= 0.6 is 7.92 Å². The number of hydrogen-bond acceptors (Lipinski definition) is 0. The van der Waals surface area contributed by atoms with E-state index in [2.05, 4.69) is 41.2 Å². The molecule has 0 fully saturated rings. The lowest BCUT2D eigenvalue weighted by Crippen LogP contribution is -2.03. The van der Waals surface area contributed by atoms with Crippen LogP contribution in [-0.4, -0.2) is 11.3 Å². The fourth-order valence-electron chi connectivity index (χ4n) is 1.48. The summed E-state index contributed by atoms with van der Waals surface area (Å²) < 4.78 is 0. The fraction of sp³-hybridized carbons (Fsp3) is 0.778. The molecule has 0 saturated carbocycles. The highest BCUT2D eigenvalue weighted by atomic mass is 31.1. The lowest BCUT2D eigenvalue weighted by molar-refractivity contribution is 1.01. The Morgan fingerprint density at radius 1 is 1.10 bits per heavy atom. The topological polar surface area (TPSA) is 0 Å². The zero-order chi connectivity index (χ0) is 8.31. The van der Waals surface area contributed by atoms with Gasteiger partial charge in [-0.05, 0) is 18.2 Å². The molecule has 1 heteroatoms. The van der Waals surface area contributed by atoms with Crippen LogP contribution in [0.4, 0.5) is 0 Å². The largest absolute Gasteiger partial charge is 0.0956 e. The molecule has 0 nitrogen and oxygen atoms in total. The first kappa shape index (κ1) is 10.2. The summed E-state index contributed by atoms with van der Waals surface area (Å²) in [4.78, 5) is 0. The minimum Gasteiger partial charge on any atom is -0.0956 e. The Morgan fingerprint density at radius 3 is 1.40 bits per heavy atom. The van der Waals surface area contributed by atoms with Crippen molar-refractivity contribution in [1.29, 1.82) is 0 Å². The van der Waals surface area contributed by atoms with Crippen LogP contribution in [0.5, 0.6) is 0 Å². The van der Waals surface area contributed by atoms with Crippen molar-refractivity contribution in [3.8, 4) is 0 Å². The summed E-state index contributed by atoms with van der Waals surface area (Å²) in [6.45, 7) is 15.4. The average Bonchev–Trinajstić information content (AvgIpc) is 1.59. The second-order valence-corrected chi connectivity index (χ2v) is 6.97. The quantitative estimate of drug-likeness (QED) is 0.548. The summed E-state index contributed by atoms with van der Waals surface area (Å²) >= 11 is 0. The van der Waals surface area contributed by atoms with Gasteiger partial charge in [0.2, 0.25) is 0 Å². The van der Waals surface area contributed by atoms with Gasteiger partial charge < -0.3 is 0 Å². The molecule has 0 spiro atoms. The van der Waals surface area contributed by atoms with Crippen molar-refractivity contribution in [2.45, 2.75) is 45.9 Å². The maximum atomic E-state index is 4.03. The average molecular weight is 158 g/mol. The molecule has 0 radical (unpaired) electrons. The van der Waals surface area contributed by atoms with Gasteiger partial charge in [-0.25, -0.2) is 0 Å². The van der Waals surface area contributed by atoms with Crippen LogP contribution < -0.4 is 0 Å². The minimum absolute atomic E-state index is 0.0679. The van der Waals surface area contributed by atoms with E-state index in [4.69, 9.17) is 0 Å². The van der Waals surface area contributed by atoms with Crippen LogP contribution in [0.25, 0.3) is 0 Å². The smallest absolute Gasteiger partial charge is 0.0227 e. The van der Waals surface area contributed by atoms with Crippen molar-refractivity contribution in [1.82, 2.24) is 0 Å². The lowest BCUT2D eigenvalue weighted by atomic mass is 10.5. The van der Waals surface area contributed by atoms with Gasteiger partial charge >= 0.3 is 0 Å². The third-order valence-electron chi connectivity index (χ3n) is 1.55. The van der Waals surface area contributed by atoms with Gasteiger partial charge in [-0.1, -0.05) is 47.5 Å². The third-order valence-corrected chi connectivity index (χ3v) is 4.66. The lowest BCUT2D eigenvalue weighted by Gasteiger charge is -2.25. The zero-order valence-electron chi connectivity index (χ0n) is 7.81. The standard InChI is InChI=1S/C9H19P/c1-7(2)10(8(3)4)9(5)6/h8-9H,1H2,2-6H3. The summed E-state index contributed by atoms with van der Waals surface area (Å²) in [7, 11) is 0.0679. The van der Waals surface area contributed by atoms with Gasteiger partial charge in [-0.3, -0.25) is 0 Å². The summed E-state index contributed by atoms with van der Waals surface area (Å²) in [5.41, 5.74) is 1.60. The van der Waals surface area contributed by atoms with E-state index in [0.717, 1.165) is 11.3 Å². The Kier molecular flexibility index (Phi) is 4.20. The van der Waals surface area contributed by atoms with Gasteiger partial charge in [0, 0.05) is 0 Å². The Balaban J connectivity index is 4.12. The highest BCUT2D eigenvalue weighted by Gasteiger charge is 2.16. The first-order valence-electron chi connectivity index (χ1n) is 3.90. The molecule has 0 aliphatic rings. The van der Waals surface area contributed by atoms with Crippen LogP contribution in [0.3, 0.4) is 0 Å². The molecule has 0 unspecified atom stereocenters. The Hall–Kier alpha value is 0.170. The van der Waals surface area contributed by atoms with Crippen LogP contribution in [-0.2, 0) is 0 Å². The van der Waals surface area contributed by atoms with Crippen LogP contribution in [0, 0.1) is 0 Å². The van der Waals surface area contributed by atoms with Gasteiger partial charge in [-0.2, -0.15) is 0 Å².